The third-order valence-corrected chi connectivity index (χ3v) is 5.30. The molecule has 1 aliphatic heterocycles. The number of ether oxygens (including phenoxy) is 1. The van der Waals surface area contributed by atoms with E-state index in [0.717, 1.165) is 28.2 Å². The summed E-state index contributed by atoms with van der Waals surface area (Å²) in [5, 5.41) is 12.0. The van der Waals surface area contributed by atoms with Gasteiger partial charge in [0.25, 0.3) is 5.91 Å². The maximum Gasteiger partial charge on any atom is 0.264 e. The number of nitrogens with zero attached hydrogens (tertiary/aromatic N) is 2. The van der Waals surface area contributed by atoms with Crippen LogP contribution in [0.15, 0.2) is 100 Å². The van der Waals surface area contributed by atoms with Gasteiger partial charge in [-0.25, -0.2) is 0 Å². The van der Waals surface area contributed by atoms with E-state index in [1.165, 1.54) is 11.8 Å². The lowest BCUT2D eigenvalue weighted by atomic mass is 10.0. The summed E-state index contributed by atoms with van der Waals surface area (Å²) in [6, 6.07) is 27.2. The molecule has 0 unspecified atom stereocenters. The maximum atomic E-state index is 12.3. The average Bonchev–Trinajstić information content (AvgIpc) is 3.15. The molecule has 0 aliphatic carbocycles. The SMILES string of the molecule is COc1ccc(/C=C2\S/C(=N\N=C(c3ccccc3)c3ccccc3)NC2=O)cc1. The quantitative estimate of drug-likeness (QED) is 0.374. The molecule has 1 fully saturated rings. The van der Waals surface area contributed by atoms with Crippen LogP contribution in [0.2, 0.25) is 0 Å². The minimum absolute atomic E-state index is 0.189. The molecule has 0 aromatic heterocycles. The first-order chi connectivity index (χ1) is 14.7. The predicted molar refractivity (Wildman–Crippen MR) is 123 cm³/mol. The van der Waals surface area contributed by atoms with E-state index in [0.29, 0.717) is 10.1 Å². The minimum Gasteiger partial charge on any atom is -0.497 e. The Balaban J connectivity index is 1.61. The van der Waals surface area contributed by atoms with E-state index >= 15 is 0 Å². The summed E-state index contributed by atoms with van der Waals surface area (Å²) >= 11 is 1.27. The van der Waals surface area contributed by atoms with Crippen molar-refractivity contribution in [3.63, 3.8) is 0 Å². The molecule has 30 heavy (non-hydrogen) atoms. The Kier molecular flexibility index (Phi) is 6.06. The number of nitrogens with one attached hydrogen (secondary N) is 1. The first-order valence-electron chi connectivity index (χ1n) is 9.34. The van der Waals surface area contributed by atoms with Crippen LogP contribution in [-0.4, -0.2) is 23.9 Å². The van der Waals surface area contributed by atoms with Gasteiger partial charge in [0.2, 0.25) is 0 Å². The Labute approximate surface area is 179 Å². The van der Waals surface area contributed by atoms with E-state index < -0.39 is 0 Å². The highest BCUT2D eigenvalue weighted by Crippen LogP contribution is 2.27. The zero-order valence-corrected chi connectivity index (χ0v) is 17.1. The van der Waals surface area contributed by atoms with Crippen LogP contribution in [0.25, 0.3) is 6.08 Å². The number of carbonyl (C=O) groups is 1. The molecule has 1 N–H and O–H groups in total. The van der Waals surface area contributed by atoms with E-state index in [-0.39, 0.29) is 5.91 Å². The summed E-state index contributed by atoms with van der Waals surface area (Å²) in [6.07, 6.45) is 1.82. The van der Waals surface area contributed by atoms with Crippen LogP contribution < -0.4 is 10.1 Å². The fourth-order valence-corrected chi connectivity index (χ4v) is 3.67. The number of carbonyl (C=O) groups excluding carboxylic acids is 1. The molecular weight excluding hydrogens is 394 g/mol. The predicted octanol–water partition coefficient (Wildman–Crippen LogP) is 4.71. The Bertz CT molecular complexity index is 1080. The highest BCUT2D eigenvalue weighted by atomic mass is 32.2. The van der Waals surface area contributed by atoms with Gasteiger partial charge in [-0.05, 0) is 35.5 Å². The van der Waals surface area contributed by atoms with Crippen molar-refractivity contribution < 1.29 is 9.53 Å². The van der Waals surface area contributed by atoms with Gasteiger partial charge in [0.15, 0.2) is 5.17 Å². The third kappa shape index (κ3) is 4.67. The number of amidine groups is 1. The summed E-state index contributed by atoms with van der Waals surface area (Å²) in [5.41, 5.74) is 3.56. The van der Waals surface area contributed by atoms with Crippen LogP contribution in [0.3, 0.4) is 0 Å². The number of rotatable bonds is 5. The monoisotopic (exact) mass is 413 g/mol. The maximum absolute atomic E-state index is 12.3. The van der Waals surface area contributed by atoms with Gasteiger partial charge >= 0.3 is 0 Å². The van der Waals surface area contributed by atoms with Crippen molar-refractivity contribution in [1.82, 2.24) is 5.32 Å². The van der Waals surface area contributed by atoms with E-state index in [2.05, 4.69) is 15.5 Å². The Hall–Kier alpha value is -3.64. The van der Waals surface area contributed by atoms with E-state index in [1.54, 1.807) is 7.11 Å². The molecule has 0 bridgehead atoms. The summed E-state index contributed by atoms with van der Waals surface area (Å²) in [5.74, 6) is 0.581. The normalized spacial score (nSPS) is 15.8. The fraction of sp³-hybridized carbons (Fsp3) is 0.0417. The Morgan fingerprint density at radius 2 is 1.50 bits per heavy atom. The number of hydrogen-bond donors (Lipinski definition) is 1. The minimum atomic E-state index is -0.189. The second kappa shape index (κ2) is 9.24. The molecule has 1 amide bonds. The highest BCUT2D eigenvalue weighted by molar-refractivity contribution is 8.18. The molecule has 3 aromatic rings. The molecule has 1 saturated heterocycles. The lowest BCUT2D eigenvalue weighted by Gasteiger charge is -2.05. The average molecular weight is 414 g/mol. The van der Waals surface area contributed by atoms with Gasteiger partial charge < -0.3 is 4.74 Å². The zero-order valence-electron chi connectivity index (χ0n) is 16.3. The largest absolute Gasteiger partial charge is 0.497 e. The van der Waals surface area contributed by atoms with Crippen LogP contribution >= 0.6 is 11.8 Å². The van der Waals surface area contributed by atoms with Crippen molar-refractivity contribution in [2.45, 2.75) is 0 Å². The number of amides is 1. The lowest BCUT2D eigenvalue weighted by molar-refractivity contribution is -0.115. The van der Waals surface area contributed by atoms with Gasteiger partial charge in [-0.3, -0.25) is 10.1 Å². The number of hydrogen-bond acceptors (Lipinski definition) is 5. The van der Waals surface area contributed by atoms with Gasteiger partial charge in [0, 0.05) is 11.1 Å². The molecule has 0 saturated carbocycles. The van der Waals surface area contributed by atoms with Gasteiger partial charge in [-0.15, -0.1) is 10.2 Å². The number of methoxy groups -OCH3 is 1. The highest BCUT2D eigenvalue weighted by Gasteiger charge is 2.24. The first-order valence-corrected chi connectivity index (χ1v) is 10.2. The summed E-state index contributed by atoms with van der Waals surface area (Å²) < 4.78 is 5.17. The smallest absolute Gasteiger partial charge is 0.264 e. The summed E-state index contributed by atoms with van der Waals surface area (Å²) in [6.45, 7) is 0. The van der Waals surface area contributed by atoms with Crippen LogP contribution in [-0.2, 0) is 4.79 Å². The van der Waals surface area contributed by atoms with Crippen molar-refractivity contribution in [2.75, 3.05) is 7.11 Å². The molecular formula is C24H19N3O2S. The van der Waals surface area contributed by atoms with Gasteiger partial charge in [-0.1, -0.05) is 72.8 Å². The second-order valence-electron chi connectivity index (χ2n) is 6.42. The molecule has 0 spiro atoms. The molecule has 6 heteroatoms. The molecule has 1 heterocycles. The van der Waals surface area contributed by atoms with E-state index in [1.807, 2.05) is 91.0 Å². The van der Waals surface area contributed by atoms with Crippen molar-refractivity contribution in [1.29, 1.82) is 0 Å². The van der Waals surface area contributed by atoms with Crippen LogP contribution in [0.1, 0.15) is 16.7 Å². The van der Waals surface area contributed by atoms with E-state index in [4.69, 9.17) is 4.74 Å². The zero-order chi connectivity index (χ0) is 20.8. The van der Waals surface area contributed by atoms with Crippen molar-refractivity contribution in [3.05, 3.63) is 107 Å². The van der Waals surface area contributed by atoms with Crippen molar-refractivity contribution in [3.8, 4) is 5.75 Å². The summed E-state index contributed by atoms with van der Waals surface area (Å²) in [4.78, 5) is 12.9. The van der Waals surface area contributed by atoms with E-state index in [9.17, 15) is 4.79 Å². The molecule has 3 aromatic carbocycles. The second-order valence-corrected chi connectivity index (χ2v) is 7.45. The molecule has 0 atom stereocenters. The number of benzene rings is 3. The molecule has 5 nitrogen and oxygen atoms in total. The fourth-order valence-electron chi connectivity index (χ4n) is 2.90. The molecule has 148 valence electrons. The van der Waals surface area contributed by atoms with Crippen LogP contribution in [0, 0.1) is 0 Å². The van der Waals surface area contributed by atoms with Gasteiger partial charge in [0.1, 0.15) is 11.5 Å². The van der Waals surface area contributed by atoms with Crippen molar-refractivity contribution in [2.24, 2.45) is 10.2 Å². The first kappa shape index (κ1) is 19.7. The number of thioether (sulfide) groups is 1. The van der Waals surface area contributed by atoms with Crippen molar-refractivity contribution >= 4 is 34.6 Å². The molecule has 0 radical (unpaired) electrons. The Morgan fingerprint density at radius 1 is 0.900 bits per heavy atom. The standard InChI is InChI=1S/C24H19N3O2S/c1-29-20-14-12-17(13-15-20)16-21-23(28)25-24(30-21)27-26-22(18-8-4-2-5-9-18)19-10-6-3-7-11-19/h2-16H,1H3,(H,25,27,28)/b21-16-. The van der Waals surface area contributed by atoms with Gasteiger partial charge in [-0.2, -0.15) is 0 Å². The Morgan fingerprint density at radius 3 is 2.07 bits per heavy atom. The topological polar surface area (TPSA) is 63.1 Å². The summed E-state index contributed by atoms with van der Waals surface area (Å²) in [7, 11) is 1.62. The van der Waals surface area contributed by atoms with Crippen LogP contribution in [0.4, 0.5) is 0 Å². The molecule has 4 rings (SSSR count). The molecule has 1 aliphatic rings. The van der Waals surface area contributed by atoms with Gasteiger partial charge in [0.05, 0.1) is 12.0 Å². The lowest BCUT2D eigenvalue weighted by Crippen LogP contribution is -2.19. The third-order valence-electron chi connectivity index (χ3n) is 4.40. The van der Waals surface area contributed by atoms with Crippen LogP contribution in [0.5, 0.6) is 5.75 Å².